The summed E-state index contributed by atoms with van der Waals surface area (Å²) in [5.74, 6) is -0.0382. The number of carboxylic acids is 1. The molecule has 1 unspecified atom stereocenters. The summed E-state index contributed by atoms with van der Waals surface area (Å²) >= 11 is 0. The van der Waals surface area contributed by atoms with E-state index in [2.05, 4.69) is 19.2 Å². The van der Waals surface area contributed by atoms with Crippen molar-refractivity contribution >= 4 is 11.9 Å². The third-order valence-electron chi connectivity index (χ3n) is 3.02. The zero-order valence-electron chi connectivity index (χ0n) is 11.9. The predicted octanol–water partition coefficient (Wildman–Crippen LogP) is 0.605. The van der Waals surface area contributed by atoms with Crippen LogP contribution >= 0.6 is 0 Å². The second kappa shape index (κ2) is 10.8. The van der Waals surface area contributed by atoms with E-state index in [4.69, 9.17) is 15.6 Å². The van der Waals surface area contributed by atoms with E-state index in [9.17, 15) is 9.59 Å². The van der Waals surface area contributed by atoms with Gasteiger partial charge in [0.05, 0.1) is 6.61 Å². The van der Waals surface area contributed by atoms with E-state index in [-0.39, 0.29) is 19.1 Å². The van der Waals surface area contributed by atoms with Gasteiger partial charge in [-0.1, -0.05) is 13.8 Å². The van der Waals surface area contributed by atoms with E-state index >= 15 is 0 Å². The van der Waals surface area contributed by atoms with Gasteiger partial charge in [-0.05, 0) is 31.2 Å². The molecule has 0 aromatic heterocycles. The average molecular weight is 274 g/mol. The molecule has 1 atom stereocenters. The van der Waals surface area contributed by atoms with Crippen molar-refractivity contribution in [2.24, 2.45) is 17.6 Å². The van der Waals surface area contributed by atoms with Crippen LogP contribution in [0.3, 0.4) is 0 Å². The summed E-state index contributed by atoms with van der Waals surface area (Å²) in [4.78, 5) is 21.7. The van der Waals surface area contributed by atoms with E-state index in [1.165, 1.54) is 0 Å². The van der Waals surface area contributed by atoms with Gasteiger partial charge in [0.2, 0.25) is 5.91 Å². The minimum absolute atomic E-state index is 0.0263. The smallest absolute Gasteiger partial charge is 0.329 e. The molecule has 112 valence electrons. The van der Waals surface area contributed by atoms with Gasteiger partial charge >= 0.3 is 5.97 Å². The van der Waals surface area contributed by atoms with Crippen molar-refractivity contribution in [3.8, 4) is 0 Å². The second-order valence-corrected chi connectivity index (χ2v) is 4.92. The van der Waals surface area contributed by atoms with Gasteiger partial charge in [-0.25, -0.2) is 4.79 Å². The Labute approximate surface area is 114 Å². The fourth-order valence-corrected chi connectivity index (χ4v) is 1.85. The number of nitrogens with two attached hydrogens (primary N) is 1. The number of carbonyl (C=O) groups excluding carboxylic acids is 1. The van der Waals surface area contributed by atoms with Gasteiger partial charge in [0.15, 0.2) is 0 Å². The minimum atomic E-state index is -1.01. The highest BCUT2D eigenvalue weighted by Gasteiger charge is 2.14. The molecule has 1 amide bonds. The van der Waals surface area contributed by atoms with Gasteiger partial charge in [-0.3, -0.25) is 4.79 Å². The molecule has 0 spiro atoms. The van der Waals surface area contributed by atoms with Crippen LogP contribution in [0, 0.1) is 11.8 Å². The summed E-state index contributed by atoms with van der Waals surface area (Å²) in [7, 11) is 0. The van der Waals surface area contributed by atoms with Crippen molar-refractivity contribution in [2.45, 2.75) is 33.1 Å². The van der Waals surface area contributed by atoms with E-state index in [0.29, 0.717) is 31.3 Å². The normalized spacial score (nSPS) is 12.4. The maximum Gasteiger partial charge on any atom is 0.329 e. The highest BCUT2D eigenvalue weighted by molar-refractivity contribution is 5.75. The summed E-state index contributed by atoms with van der Waals surface area (Å²) in [5.41, 5.74) is 5.55. The summed E-state index contributed by atoms with van der Waals surface area (Å²) in [5, 5.41) is 11.1. The number of rotatable bonds is 11. The quantitative estimate of drug-likeness (QED) is 0.479. The van der Waals surface area contributed by atoms with Crippen molar-refractivity contribution in [1.82, 2.24) is 5.32 Å². The molecule has 0 aromatic rings. The maximum atomic E-state index is 11.6. The Morgan fingerprint density at radius 2 is 2.00 bits per heavy atom. The van der Waals surface area contributed by atoms with Gasteiger partial charge in [0.1, 0.15) is 6.61 Å². The van der Waals surface area contributed by atoms with Gasteiger partial charge in [-0.15, -0.1) is 0 Å². The number of amides is 1. The van der Waals surface area contributed by atoms with E-state index in [1.54, 1.807) is 0 Å². The SMILES string of the molecule is CC(C)C(CCN)CCC(=O)NCCOCC(=O)O. The highest BCUT2D eigenvalue weighted by Crippen LogP contribution is 2.20. The molecule has 0 aliphatic heterocycles. The Bertz CT molecular complexity index is 269. The van der Waals surface area contributed by atoms with Gasteiger partial charge in [0.25, 0.3) is 0 Å². The first-order valence-corrected chi connectivity index (χ1v) is 6.73. The van der Waals surface area contributed by atoms with Crippen molar-refractivity contribution in [3.05, 3.63) is 0 Å². The molecule has 0 saturated carbocycles. The summed E-state index contributed by atoms with van der Waals surface area (Å²) in [6, 6.07) is 0. The van der Waals surface area contributed by atoms with Gasteiger partial charge in [0, 0.05) is 13.0 Å². The Hall–Kier alpha value is -1.14. The Morgan fingerprint density at radius 1 is 1.32 bits per heavy atom. The minimum Gasteiger partial charge on any atom is -0.480 e. The molecule has 0 aromatic carbocycles. The van der Waals surface area contributed by atoms with Crippen LogP contribution < -0.4 is 11.1 Å². The zero-order valence-corrected chi connectivity index (χ0v) is 11.9. The first-order valence-electron chi connectivity index (χ1n) is 6.73. The van der Waals surface area contributed by atoms with Crippen molar-refractivity contribution in [2.75, 3.05) is 26.3 Å². The number of hydrogen-bond acceptors (Lipinski definition) is 4. The molecule has 0 fully saturated rings. The zero-order chi connectivity index (χ0) is 14.7. The monoisotopic (exact) mass is 274 g/mol. The molecule has 0 aliphatic rings. The first-order chi connectivity index (χ1) is 8.97. The number of aliphatic carboxylic acids is 1. The summed E-state index contributed by atoms with van der Waals surface area (Å²) in [6.07, 6.45) is 2.24. The largest absolute Gasteiger partial charge is 0.480 e. The van der Waals surface area contributed by atoms with Crippen molar-refractivity contribution in [1.29, 1.82) is 0 Å². The number of nitrogens with one attached hydrogen (secondary N) is 1. The van der Waals surface area contributed by atoms with Crippen LogP contribution in [-0.2, 0) is 14.3 Å². The maximum absolute atomic E-state index is 11.6. The Balaban J connectivity index is 3.65. The fraction of sp³-hybridized carbons (Fsp3) is 0.846. The lowest BCUT2D eigenvalue weighted by molar-refractivity contribution is -0.142. The molecule has 6 nitrogen and oxygen atoms in total. The molecule has 6 heteroatoms. The number of ether oxygens (including phenoxy) is 1. The average Bonchev–Trinajstić information content (AvgIpc) is 2.33. The van der Waals surface area contributed by atoms with E-state index in [0.717, 1.165) is 12.8 Å². The molecule has 19 heavy (non-hydrogen) atoms. The summed E-state index contributed by atoms with van der Waals surface area (Å²) in [6.45, 7) is 5.15. The van der Waals surface area contributed by atoms with Crippen LogP contribution in [0.4, 0.5) is 0 Å². The third kappa shape index (κ3) is 10.5. The van der Waals surface area contributed by atoms with Crippen molar-refractivity contribution in [3.63, 3.8) is 0 Å². The fourth-order valence-electron chi connectivity index (χ4n) is 1.85. The van der Waals surface area contributed by atoms with Crippen LogP contribution in [0.15, 0.2) is 0 Å². The van der Waals surface area contributed by atoms with Crippen LogP contribution in [0.25, 0.3) is 0 Å². The van der Waals surface area contributed by atoms with Crippen LogP contribution in [0.2, 0.25) is 0 Å². The molecular weight excluding hydrogens is 248 g/mol. The van der Waals surface area contributed by atoms with Crippen LogP contribution in [0.1, 0.15) is 33.1 Å². The topological polar surface area (TPSA) is 102 Å². The van der Waals surface area contributed by atoms with E-state index < -0.39 is 5.97 Å². The van der Waals surface area contributed by atoms with E-state index in [1.807, 2.05) is 0 Å². The van der Waals surface area contributed by atoms with Gasteiger partial charge < -0.3 is 20.9 Å². The second-order valence-electron chi connectivity index (χ2n) is 4.92. The number of carbonyl (C=O) groups is 2. The molecule has 4 N–H and O–H groups in total. The molecule has 0 aliphatic carbocycles. The molecule has 0 heterocycles. The lowest BCUT2D eigenvalue weighted by atomic mass is 9.88. The summed E-state index contributed by atoms with van der Waals surface area (Å²) < 4.78 is 4.82. The third-order valence-corrected chi connectivity index (χ3v) is 3.02. The van der Waals surface area contributed by atoms with Crippen molar-refractivity contribution < 1.29 is 19.4 Å². The first kappa shape index (κ1) is 17.9. The molecule has 0 bridgehead atoms. The molecular formula is C13H26N2O4. The lowest BCUT2D eigenvalue weighted by Gasteiger charge is -2.19. The standard InChI is InChI=1S/C13H26N2O4/c1-10(2)11(5-6-14)3-4-12(16)15-7-8-19-9-13(17)18/h10-11H,3-9,14H2,1-2H3,(H,15,16)(H,17,18). The molecule has 0 saturated heterocycles. The Kier molecular flexibility index (Phi) is 10.1. The number of hydrogen-bond donors (Lipinski definition) is 3. The number of carboxylic acid groups (broad SMARTS) is 1. The molecule has 0 rings (SSSR count). The van der Waals surface area contributed by atoms with Crippen LogP contribution in [-0.4, -0.2) is 43.3 Å². The Morgan fingerprint density at radius 3 is 2.53 bits per heavy atom. The van der Waals surface area contributed by atoms with Crippen LogP contribution in [0.5, 0.6) is 0 Å². The highest BCUT2D eigenvalue weighted by atomic mass is 16.5. The predicted molar refractivity (Wildman–Crippen MR) is 72.7 cm³/mol. The molecule has 0 radical (unpaired) electrons. The lowest BCUT2D eigenvalue weighted by Crippen LogP contribution is -2.28. The van der Waals surface area contributed by atoms with Gasteiger partial charge in [-0.2, -0.15) is 0 Å².